The van der Waals surface area contributed by atoms with Crippen molar-refractivity contribution in [1.29, 1.82) is 0 Å². The summed E-state index contributed by atoms with van der Waals surface area (Å²) < 4.78 is 5.75. The summed E-state index contributed by atoms with van der Waals surface area (Å²) in [5.74, 6) is 1.38. The zero-order valence-corrected chi connectivity index (χ0v) is 7.90. The molecule has 3 atom stereocenters. The van der Waals surface area contributed by atoms with Crippen molar-refractivity contribution in [1.82, 2.24) is 0 Å². The van der Waals surface area contributed by atoms with E-state index in [9.17, 15) is 0 Å². The molecule has 1 saturated carbocycles. The average molecular weight is 181 g/mol. The number of ether oxygens (including phenoxy) is 1. The van der Waals surface area contributed by atoms with Crippen molar-refractivity contribution in [2.45, 2.75) is 38.4 Å². The van der Waals surface area contributed by atoms with Gasteiger partial charge in [0.2, 0.25) is 0 Å². The molecular formula is C10H15NO2. The third-order valence-electron chi connectivity index (χ3n) is 3.41. The number of hydrogen-bond acceptors (Lipinski definition) is 3. The second-order valence-electron chi connectivity index (χ2n) is 4.42. The van der Waals surface area contributed by atoms with E-state index in [-0.39, 0.29) is 6.10 Å². The Labute approximate surface area is 78.1 Å². The Morgan fingerprint density at radius 1 is 1.38 bits per heavy atom. The minimum atomic E-state index is 0.278. The molecule has 0 radical (unpaired) electrons. The predicted molar refractivity (Wildman–Crippen MR) is 48.6 cm³/mol. The van der Waals surface area contributed by atoms with Gasteiger partial charge in [0.15, 0.2) is 0 Å². The van der Waals surface area contributed by atoms with Gasteiger partial charge in [-0.1, -0.05) is 5.16 Å². The number of fused-ring (bicyclic) bond motifs is 1. The van der Waals surface area contributed by atoms with Crippen molar-refractivity contribution in [3.05, 3.63) is 0 Å². The quantitative estimate of drug-likeness (QED) is 0.615. The number of rotatable bonds is 1. The third kappa shape index (κ3) is 1.26. The van der Waals surface area contributed by atoms with Crippen LogP contribution < -0.4 is 0 Å². The molecule has 13 heavy (non-hydrogen) atoms. The first-order valence-corrected chi connectivity index (χ1v) is 5.19. The maximum absolute atomic E-state index is 5.75. The predicted octanol–water partition coefficient (Wildman–Crippen LogP) is 1.58. The molecule has 0 bridgehead atoms. The molecular weight excluding hydrogens is 166 g/mol. The van der Waals surface area contributed by atoms with Crippen molar-refractivity contribution >= 4 is 5.71 Å². The van der Waals surface area contributed by atoms with Crippen LogP contribution >= 0.6 is 0 Å². The number of hydrogen-bond donors (Lipinski definition) is 0. The molecule has 1 aliphatic carbocycles. The van der Waals surface area contributed by atoms with E-state index in [0.29, 0.717) is 18.6 Å². The molecule has 0 aromatic heterocycles. The van der Waals surface area contributed by atoms with Crippen LogP contribution in [0.15, 0.2) is 5.16 Å². The normalized spacial score (nSPS) is 43.8. The van der Waals surface area contributed by atoms with Crippen molar-refractivity contribution < 1.29 is 9.57 Å². The van der Waals surface area contributed by atoms with Gasteiger partial charge in [-0.2, -0.15) is 0 Å². The highest BCUT2D eigenvalue weighted by molar-refractivity contribution is 5.89. The molecule has 2 fully saturated rings. The molecule has 0 spiro atoms. The summed E-state index contributed by atoms with van der Waals surface area (Å²) in [6.07, 6.45) is 4.62. The van der Waals surface area contributed by atoms with Gasteiger partial charge < -0.3 is 9.57 Å². The first kappa shape index (κ1) is 7.80. The summed E-state index contributed by atoms with van der Waals surface area (Å²) in [5, 5.41) is 4.04. The van der Waals surface area contributed by atoms with Crippen LogP contribution in [0.1, 0.15) is 26.2 Å². The lowest BCUT2D eigenvalue weighted by Crippen LogP contribution is -2.37. The van der Waals surface area contributed by atoms with Gasteiger partial charge in [-0.25, -0.2) is 0 Å². The van der Waals surface area contributed by atoms with Crippen molar-refractivity contribution in [3.8, 4) is 0 Å². The summed E-state index contributed by atoms with van der Waals surface area (Å²) in [6, 6.07) is 0. The molecule has 2 heterocycles. The molecule has 3 unspecified atom stereocenters. The fourth-order valence-corrected chi connectivity index (χ4v) is 2.33. The van der Waals surface area contributed by atoms with Crippen LogP contribution in [-0.4, -0.2) is 24.5 Å². The van der Waals surface area contributed by atoms with E-state index in [1.807, 2.05) is 0 Å². The van der Waals surface area contributed by atoms with Gasteiger partial charge in [-0.05, 0) is 32.1 Å². The molecule has 1 saturated heterocycles. The van der Waals surface area contributed by atoms with Crippen molar-refractivity contribution in [2.75, 3.05) is 6.61 Å². The summed E-state index contributed by atoms with van der Waals surface area (Å²) in [5.41, 5.74) is 1.13. The first-order chi connectivity index (χ1) is 6.34. The van der Waals surface area contributed by atoms with Gasteiger partial charge in [0, 0.05) is 5.92 Å². The Hall–Kier alpha value is -0.570. The van der Waals surface area contributed by atoms with E-state index in [4.69, 9.17) is 9.57 Å². The molecule has 3 nitrogen and oxygen atoms in total. The van der Waals surface area contributed by atoms with Crippen LogP contribution in [0.2, 0.25) is 0 Å². The summed E-state index contributed by atoms with van der Waals surface area (Å²) in [7, 11) is 0. The molecule has 0 N–H and O–H groups in total. The lowest BCUT2D eigenvalue weighted by Gasteiger charge is -2.28. The topological polar surface area (TPSA) is 30.8 Å². The molecule has 3 heteroatoms. The van der Waals surface area contributed by atoms with Gasteiger partial charge in [-0.15, -0.1) is 0 Å². The van der Waals surface area contributed by atoms with Gasteiger partial charge in [0.1, 0.15) is 6.10 Å². The van der Waals surface area contributed by atoms with Crippen molar-refractivity contribution in [2.24, 2.45) is 17.0 Å². The zero-order chi connectivity index (χ0) is 8.84. The van der Waals surface area contributed by atoms with Gasteiger partial charge in [0.05, 0.1) is 18.4 Å². The second kappa shape index (κ2) is 2.71. The van der Waals surface area contributed by atoms with E-state index < -0.39 is 0 Å². The molecule has 0 amide bonds. The van der Waals surface area contributed by atoms with Gasteiger partial charge in [0.25, 0.3) is 0 Å². The standard InChI is InChI=1S/C10H15NO2/c1-6-8-4-10(7-2-3-7)12-5-9(8)11-13-6/h6-8,10H,2-5H2,1H3. The Morgan fingerprint density at radius 2 is 2.23 bits per heavy atom. The smallest absolute Gasteiger partial charge is 0.133 e. The first-order valence-electron chi connectivity index (χ1n) is 5.19. The SMILES string of the molecule is CC1ON=C2COC(C3CC3)CC21. The average Bonchev–Trinajstić information content (AvgIpc) is 2.93. The van der Waals surface area contributed by atoms with Crippen LogP contribution in [0.4, 0.5) is 0 Å². The summed E-state index contributed by atoms with van der Waals surface area (Å²) in [6.45, 7) is 2.81. The lowest BCUT2D eigenvalue weighted by atomic mass is 9.88. The Kier molecular flexibility index (Phi) is 1.62. The monoisotopic (exact) mass is 181 g/mol. The van der Waals surface area contributed by atoms with E-state index in [1.54, 1.807) is 0 Å². The van der Waals surface area contributed by atoms with Crippen LogP contribution in [0, 0.1) is 11.8 Å². The molecule has 2 aliphatic heterocycles. The molecule has 0 aromatic carbocycles. The minimum Gasteiger partial charge on any atom is -0.392 e. The van der Waals surface area contributed by atoms with Crippen LogP contribution in [0.5, 0.6) is 0 Å². The van der Waals surface area contributed by atoms with Crippen molar-refractivity contribution in [3.63, 3.8) is 0 Å². The van der Waals surface area contributed by atoms with E-state index >= 15 is 0 Å². The Balaban J connectivity index is 1.71. The highest BCUT2D eigenvalue weighted by Gasteiger charge is 2.42. The number of oxime groups is 1. The van der Waals surface area contributed by atoms with Crippen LogP contribution in [0.25, 0.3) is 0 Å². The Morgan fingerprint density at radius 3 is 3.00 bits per heavy atom. The highest BCUT2D eigenvalue weighted by Crippen LogP contribution is 2.40. The van der Waals surface area contributed by atoms with Gasteiger partial charge >= 0.3 is 0 Å². The third-order valence-corrected chi connectivity index (χ3v) is 3.41. The fourth-order valence-electron chi connectivity index (χ4n) is 2.33. The second-order valence-corrected chi connectivity index (χ2v) is 4.42. The van der Waals surface area contributed by atoms with E-state index in [0.717, 1.165) is 18.1 Å². The molecule has 72 valence electrons. The maximum atomic E-state index is 5.75. The lowest BCUT2D eigenvalue weighted by molar-refractivity contribution is 0.0129. The summed E-state index contributed by atoms with van der Waals surface area (Å²) in [4.78, 5) is 5.26. The number of nitrogens with zero attached hydrogens (tertiary/aromatic N) is 1. The summed E-state index contributed by atoms with van der Waals surface area (Å²) >= 11 is 0. The highest BCUT2D eigenvalue weighted by atomic mass is 16.6. The van der Waals surface area contributed by atoms with Crippen LogP contribution in [0.3, 0.4) is 0 Å². The molecule has 3 rings (SSSR count). The largest absolute Gasteiger partial charge is 0.392 e. The van der Waals surface area contributed by atoms with Gasteiger partial charge in [-0.3, -0.25) is 0 Å². The molecule has 0 aromatic rings. The van der Waals surface area contributed by atoms with E-state index in [1.165, 1.54) is 12.8 Å². The van der Waals surface area contributed by atoms with E-state index in [2.05, 4.69) is 12.1 Å². The van der Waals surface area contributed by atoms with Crippen LogP contribution in [-0.2, 0) is 9.57 Å². The molecule has 3 aliphatic rings. The zero-order valence-electron chi connectivity index (χ0n) is 7.90. The minimum absolute atomic E-state index is 0.278. The Bertz CT molecular complexity index is 247. The fraction of sp³-hybridized carbons (Fsp3) is 0.900. The maximum Gasteiger partial charge on any atom is 0.133 e.